The van der Waals surface area contributed by atoms with E-state index >= 15 is 0 Å². The zero-order chi connectivity index (χ0) is 15.3. The molecule has 0 saturated carbocycles. The molecule has 1 unspecified atom stereocenters. The molecule has 2 atom stereocenters. The van der Waals surface area contributed by atoms with Crippen LogP contribution in [-0.2, 0) is 4.79 Å². The fraction of sp³-hybridized carbons (Fsp3) is 0.533. The maximum atomic E-state index is 11.9. The van der Waals surface area contributed by atoms with Gasteiger partial charge in [-0.1, -0.05) is 39.0 Å². The van der Waals surface area contributed by atoms with Crippen molar-refractivity contribution in [1.29, 1.82) is 0 Å². The van der Waals surface area contributed by atoms with E-state index in [-0.39, 0.29) is 30.3 Å². The molecule has 21 heavy (non-hydrogen) atoms. The summed E-state index contributed by atoms with van der Waals surface area (Å²) in [5, 5.41) is 12.8. The molecule has 0 aromatic heterocycles. The number of halogens is 1. The van der Waals surface area contributed by atoms with Gasteiger partial charge >= 0.3 is 0 Å². The average molecular weight is 317 g/mol. The Bertz CT molecular complexity index is 460. The molecule has 0 aliphatic rings. The van der Waals surface area contributed by atoms with E-state index in [1.54, 1.807) is 19.2 Å². The second kappa shape index (κ2) is 8.22. The smallest absolute Gasteiger partial charge is 0.237 e. The maximum Gasteiger partial charge on any atom is 0.237 e. The Balaban J connectivity index is 0.00000400. The average Bonchev–Trinajstić information content (AvgIpc) is 2.42. The SMILES string of the molecule is COc1ccccc1C(O)CNC(=O)[C@@H](N)C(C)(C)C.Cl. The number of benzene rings is 1. The van der Waals surface area contributed by atoms with Crippen molar-refractivity contribution in [3.05, 3.63) is 29.8 Å². The van der Waals surface area contributed by atoms with Gasteiger partial charge in [0.1, 0.15) is 5.75 Å². The first-order valence-corrected chi connectivity index (χ1v) is 6.61. The van der Waals surface area contributed by atoms with Gasteiger partial charge in [0.25, 0.3) is 0 Å². The van der Waals surface area contributed by atoms with Gasteiger partial charge in [0, 0.05) is 12.1 Å². The van der Waals surface area contributed by atoms with Crippen molar-refractivity contribution in [3.63, 3.8) is 0 Å². The highest BCUT2D eigenvalue weighted by molar-refractivity contribution is 5.85. The third-order valence-electron chi connectivity index (χ3n) is 3.18. The first-order valence-electron chi connectivity index (χ1n) is 6.61. The molecule has 1 aromatic carbocycles. The van der Waals surface area contributed by atoms with Crippen molar-refractivity contribution in [2.45, 2.75) is 32.9 Å². The predicted octanol–water partition coefficient (Wildman–Crippen LogP) is 1.64. The Labute approximate surface area is 132 Å². The molecule has 1 rings (SSSR count). The molecular weight excluding hydrogens is 292 g/mol. The molecule has 0 spiro atoms. The van der Waals surface area contributed by atoms with Gasteiger partial charge in [0.15, 0.2) is 0 Å². The molecule has 0 bridgehead atoms. The van der Waals surface area contributed by atoms with Gasteiger partial charge in [-0.05, 0) is 11.5 Å². The molecule has 6 heteroatoms. The summed E-state index contributed by atoms with van der Waals surface area (Å²) in [6.07, 6.45) is -0.831. The Morgan fingerprint density at radius 1 is 1.38 bits per heavy atom. The van der Waals surface area contributed by atoms with Crippen LogP contribution in [0.2, 0.25) is 0 Å². The first-order chi connectivity index (χ1) is 9.27. The number of rotatable bonds is 5. The minimum absolute atomic E-state index is 0. The number of ether oxygens (including phenoxy) is 1. The highest BCUT2D eigenvalue weighted by Crippen LogP contribution is 2.24. The van der Waals surface area contributed by atoms with E-state index < -0.39 is 12.1 Å². The van der Waals surface area contributed by atoms with Gasteiger partial charge in [-0.2, -0.15) is 0 Å². The molecular formula is C15H25ClN2O3. The normalized spacial score (nSPS) is 13.8. The van der Waals surface area contributed by atoms with Crippen LogP contribution in [0, 0.1) is 5.41 Å². The fourth-order valence-electron chi connectivity index (χ4n) is 1.75. The Morgan fingerprint density at radius 3 is 2.48 bits per heavy atom. The van der Waals surface area contributed by atoms with Gasteiger partial charge < -0.3 is 20.9 Å². The minimum atomic E-state index is -0.831. The van der Waals surface area contributed by atoms with E-state index in [1.807, 2.05) is 32.9 Å². The van der Waals surface area contributed by atoms with E-state index in [9.17, 15) is 9.90 Å². The van der Waals surface area contributed by atoms with Crippen molar-refractivity contribution in [1.82, 2.24) is 5.32 Å². The fourth-order valence-corrected chi connectivity index (χ4v) is 1.75. The number of methoxy groups -OCH3 is 1. The summed E-state index contributed by atoms with van der Waals surface area (Å²) in [4.78, 5) is 11.9. The van der Waals surface area contributed by atoms with E-state index in [4.69, 9.17) is 10.5 Å². The summed E-state index contributed by atoms with van der Waals surface area (Å²) in [7, 11) is 1.54. The summed E-state index contributed by atoms with van der Waals surface area (Å²) in [5.41, 5.74) is 6.18. The van der Waals surface area contributed by atoms with Crippen LogP contribution in [0.5, 0.6) is 5.75 Å². The predicted molar refractivity (Wildman–Crippen MR) is 85.6 cm³/mol. The van der Waals surface area contributed by atoms with Crippen molar-refractivity contribution >= 4 is 18.3 Å². The monoisotopic (exact) mass is 316 g/mol. The minimum Gasteiger partial charge on any atom is -0.496 e. The number of hydrogen-bond donors (Lipinski definition) is 3. The first kappa shape index (κ1) is 19.7. The molecule has 0 saturated heterocycles. The van der Waals surface area contributed by atoms with Crippen LogP contribution in [-0.4, -0.2) is 30.7 Å². The van der Waals surface area contributed by atoms with Gasteiger partial charge in [0.2, 0.25) is 5.91 Å². The van der Waals surface area contributed by atoms with Crippen molar-refractivity contribution < 1.29 is 14.6 Å². The van der Waals surface area contributed by atoms with Gasteiger partial charge in [-0.3, -0.25) is 4.79 Å². The number of aliphatic hydroxyl groups excluding tert-OH is 1. The quantitative estimate of drug-likeness (QED) is 0.771. The lowest BCUT2D eigenvalue weighted by Crippen LogP contribution is -2.49. The summed E-state index contributed by atoms with van der Waals surface area (Å²) >= 11 is 0. The van der Waals surface area contributed by atoms with Crippen LogP contribution in [0.25, 0.3) is 0 Å². The molecule has 4 N–H and O–H groups in total. The second-order valence-corrected chi connectivity index (χ2v) is 5.85. The van der Waals surface area contributed by atoms with E-state index in [0.29, 0.717) is 11.3 Å². The third kappa shape index (κ3) is 5.53. The summed E-state index contributed by atoms with van der Waals surface area (Å²) in [6, 6.07) is 6.54. The van der Waals surface area contributed by atoms with Gasteiger partial charge in [-0.15, -0.1) is 12.4 Å². The topological polar surface area (TPSA) is 84.6 Å². The zero-order valence-corrected chi connectivity index (χ0v) is 13.7. The van der Waals surface area contributed by atoms with Crippen LogP contribution in [0.4, 0.5) is 0 Å². The number of nitrogens with two attached hydrogens (primary N) is 1. The molecule has 0 heterocycles. The summed E-state index contributed by atoms with van der Waals surface area (Å²) in [6.45, 7) is 5.79. The maximum absolute atomic E-state index is 11.9. The Kier molecular flexibility index (Phi) is 7.71. The molecule has 0 aliphatic carbocycles. The van der Waals surface area contributed by atoms with Crippen LogP contribution >= 0.6 is 12.4 Å². The number of carbonyl (C=O) groups is 1. The lowest BCUT2D eigenvalue weighted by Gasteiger charge is -2.26. The van der Waals surface area contributed by atoms with Gasteiger partial charge in [-0.25, -0.2) is 0 Å². The Morgan fingerprint density at radius 2 is 1.95 bits per heavy atom. The number of nitrogens with one attached hydrogen (secondary N) is 1. The molecule has 120 valence electrons. The molecule has 1 aromatic rings. The van der Waals surface area contributed by atoms with E-state index in [2.05, 4.69) is 5.32 Å². The van der Waals surface area contributed by atoms with Crippen LogP contribution in [0.1, 0.15) is 32.4 Å². The number of amides is 1. The van der Waals surface area contributed by atoms with Crippen LogP contribution in [0.3, 0.4) is 0 Å². The summed E-state index contributed by atoms with van der Waals surface area (Å²) < 4.78 is 5.18. The van der Waals surface area contributed by atoms with Crippen molar-refractivity contribution in [2.24, 2.45) is 11.1 Å². The number of hydrogen-bond acceptors (Lipinski definition) is 4. The third-order valence-corrected chi connectivity index (χ3v) is 3.18. The molecule has 1 amide bonds. The lowest BCUT2D eigenvalue weighted by molar-refractivity contribution is -0.125. The number of carbonyl (C=O) groups excluding carboxylic acids is 1. The summed E-state index contributed by atoms with van der Waals surface area (Å²) in [5.74, 6) is 0.320. The molecule has 0 radical (unpaired) electrons. The number of para-hydroxylation sites is 1. The Hall–Kier alpha value is -1.30. The molecule has 5 nitrogen and oxygen atoms in total. The number of aliphatic hydroxyl groups is 1. The molecule has 0 fully saturated rings. The molecule has 0 aliphatic heterocycles. The van der Waals surface area contributed by atoms with Gasteiger partial charge in [0.05, 0.1) is 19.3 Å². The van der Waals surface area contributed by atoms with Crippen LogP contribution in [0.15, 0.2) is 24.3 Å². The zero-order valence-electron chi connectivity index (χ0n) is 12.9. The van der Waals surface area contributed by atoms with Crippen molar-refractivity contribution in [3.8, 4) is 5.75 Å². The second-order valence-electron chi connectivity index (χ2n) is 5.85. The lowest BCUT2D eigenvalue weighted by atomic mass is 9.87. The van der Waals surface area contributed by atoms with Crippen molar-refractivity contribution in [2.75, 3.05) is 13.7 Å². The highest BCUT2D eigenvalue weighted by atomic mass is 35.5. The standard InChI is InChI=1S/C15H24N2O3.ClH/c1-15(2,3)13(16)14(19)17-9-11(18)10-7-5-6-8-12(10)20-4;/h5-8,11,13,18H,9,16H2,1-4H3,(H,17,19);1H/t11?,13-;/m1./s1. The van der Waals surface area contributed by atoms with E-state index in [0.717, 1.165) is 0 Å². The van der Waals surface area contributed by atoms with Crippen LogP contribution < -0.4 is 15.8 Å². The largest absolute Gasteiger partial charge is 0.496 e. The van der Waals surface area contributed by atoms with E-state index in [1.165, 1.54) is 0 Å². The highest BCUT2D eigenvalue weighted by Gasteiger charge is 2.27.